The number of carbonyl (C=O) groups is 1. The van der Waals surface area contributed by atoms with Gasteiger partial charge in [-0.25, -0.2) is 4.39 Å². The molecule has 1 amide bonds. The lowest BCUT2D eigenvalue weighted by Crippen LogP contribution is -2.36. The molecule has 3 rings (SSSR count). The van der Waals surface area contributed by atoms with Crippen molar-refractivity contribution in [2.24, 2.45) is 0 Å². The van der Waals surface area contributed by atoms with Gasteiger partial charge in [0.15, 0.2) is 11.0 Å². The summed E-state index contributed by atoms with van der Waals surface area (Å²) in [5.74, 6) is 0.0971. The average molecular weight is 413 g/mol. The Labute approximate surface area is 175 Å². The molecule has 1 atom stereocenters. The van der Waals surface area contributed by atoms with Crippen molar-refractivity contribution in [3.63, 3.8) is 0 Å². The van der Waals surface area contributed by atoms with E-state index in [-0.39, 0.29) is 17.0 Å². The number of thioether (sulfide) groups is 1. The van der Waals surface area contributed by atoms with Crippen LogP contribution in [0.5, 0.6) is 0 Å². The lowest BCUT2D eigenvalue weighted by atomic mass is 10.2. The van der Waals surface area contributed by atoms with Crippen LogP contribution in [0.25, 0.3) is 17.1 Å². The van der Waals surface area contributed by atoms with Gasteiger partial charge in [-0.15, -0.1) is 10.2 Å². The third kappa shape index (κ3) is 4.50. The molecule has 5 nitrogen and oxygen atoms in total. The van der Waals surface area contributed by atoms with Gasteiger partial charge in [0, 0.05) is 18.8 Å². The van der Waals surface area contributed by atoms with Gasteiger partial charge in [-0.05, 0) is 52.0 Å². The molecule has 0 N–H and O–H groups in total. The van der Waals surface area contributed by atoms with E-state index in [1.165, 1.54) is 17.8 Å². The van der Waals surface area contributed by atoms with Crippen molar-refractivity contribution >= 4 is 17.7 Å². The fourth-order valence-corrected chi connectivity index (χ4v) is 4.04. The van der Waals surface area contributed by atoms with E-state index >= 15 is 0 Å². The van der Waals surface area contributed by atoms with E-state index in [2.05, 4.69) is 10.2 Å². The van der Waals surface area contributed by atoms with E-state index in [4.69, 9.17) is 0 Å². The van der Waals surface area contributed by atoms with Crippen molar-refractivity contribution in [2.45, 2.75) is 38.1 Å². The number of rotatable bonds is 7. The number of aromatic nitrogens is 3. The van der Waals surface area contributed by atoms with Crippen LogP contribution in [-0.4, -0.2) is 43.9 Å². The van der Waals surface area contributed by atoms with Crippen molar-refractivity contribution in [3.8, 4) is 17.1 Å². The van der Waals surface area contributed by atoms with Gasteiger partial charge in [-0.3, -0.25) is 9.36 Å². The largest absolute Gasteiger partial charge is 0.342 e. The van der Waals surface area contributed by atoms with E-state index in [9.17, 15) is 9.18 Å². The topological polar surface area (TPSA) is 51.0 Å². The van der Waals surface area contributed by atoms with Crippen molar-refractivity contribution in [2.75, 3.05) is 13.1 Å². The summed E-state index contributed by atoms with van der Waals surface area (Å²) in [6, 6.07) is 14.4. The number of nitrogens with zero attached hydrogens (tertiary/aromatic N) is 4. The molecule has 1 aromatic heterocycles. The van der Waals surface area contributed by atoms with Crippen molar-refractivity contribution < 1.29 is 9.18 Å². The molecule has 0 saturated carbocycles. The van der Waals surface area contributed by atoms with Crippen LogP contribution in [0.2, 0.25) is 0 Å². The molecule has 3 aromatic rings. The molecule has 0 aliphatic rings. The average Bonchev–Trinajstić information content (AvgIpc) is 3.13. The number of benzene rings is 2. The lowest BCUT2D eigenvalue weighted by molar-refractivity contribution is -0.129. The van der Waals surface area contributed by atoms with Gasteiger partial charge in [0.25, 0.3) is 0 Å². The van der Waals surface area contributed by atoms with Crippen molar-refractivity contribution in [3.05, 3.63) is 59.9 Å². The highest BCUT2D eigenvalue weighted by molar-refractivity contribution is 8.00. The van der Waals surface area contributed by atoms with Crippen LogP contribution in [0.15, 0.2) is 53.7 Å². The summed E-state index contributed by atoms with van der Waals surface area (Å²) in [6.07, 6.45) is 0. The Morgan fingerprint density at radius 3 is 2.38 bits per heavy atom. The highest BCUT2D eigenvalue weighted by atomic mass is 32.2. The first-order valence-electron chi connectivity index (χ1n) is 9.69. The molecule has 0 aliphatic heterocycles. The fourth-order valence-electron chi connectivity index (χ4n) is 3.09. The maximum Gasteiger partial charge on any atom is 0.235 e. The zero-order valence-corrected chi connectivity index (χ0v) is 17.9. The fraction of sp³-hybridized carbons (Fsp3) is 0.318. The van der Waals surface area contributed by atoms with Crippen LogP contribution in [0.1, 0.15) is 26.3 Å². The minimum Gasteiger partial charge on any atom is -0.342 e. The summed E-state index contributed by atoms with van der Waals surface area (Å²) in [5.41, 5.74) is 2.31. The third-order valence-corrected chi connectivity index (χ3v) is 5.78. The van der Waals surface area contributed by atoms with E-state index in [1.54, 1.807) is 23.1 Å². The van der Waals surface area contributed by atoms with E-state index in [0.717, 1.165) is 11.3 Å². The number of carbonyl (C=O) groups excluding carboxylic acids is 1. The SMILES string of the molecule is CCN(CC)C(=O)C(C)Sc1nnc(-c2ccccc2F)n1-c1ccc(C)cc1. The van der Waals surface area contributed by atoms with Gasteiger partial charge in [-0.1, -0.05) is 41.6 Å². The molecule has 0 spiro atoms. The van der Waals surface area contributed by atoms with Gasteiger partial charge in [0.1, 0.15) is 5.82 Å². The predicted molar refractivity (Wildman–Crippen MR) is 115 cm³/mol. The van der Waals surface area contributed by atoms with Gasteiger partial charge in [0.2, 0.25) is 5.91 Å². The van der Waals surface area contributed by atoms with Gasteiger partial charge >= 0.3 is 0 Å². The van der Waals surface area contributed by atoms with E-state index in [1.807, 2.05) is 56.5 Å². The summed E-state index contributed by atoms with van der Waals surface area (Å²) in [7, 11) is 0. The van der Waals surface area contributed by atoms with Crippen molar-refractivity contribution in [1.82, 2.24) is 19.7 Å². The lowest BCUT2D eigenvalue weighted by Gasteiger charge is -2.22. The summed E-state index contributed by atoms with van der Waals surface area (Å²) in [4.78, 5) is 14.5. The highest BCUT2D eigenvalue weighted by Gasteiger charge is 2.25. The molecule has 29 heavy (non-hydrogen) atoms. The van der Waals surface area contributed by atoms with E-state index in [0.29, 0.717) is 29.6 Å². The Bertz CT molecular complexity index is 983. The molecule has 0 bridgehead atoms. The molecular weight excluding hydrogens is 387 g/mol. The molecule has 2 aromatic carbocycles. The summed E-state index contributed by atoms with van der Waals surface area (Å²) >= 11 is 1.33. The monoisotopic (exact) mass is 412 g/mol. The maximum atomic E-state index is 14.5. The molecule has 1 unspecified atom stereocenters. The number of amides is 1. The zero-order valence-electron chi connectivity index (χ0n) is 17.1. The highest BCUT2D eigenvalue weighted by Crippen LogP contribution is 2.31. The quantitative estimate of drug-likeness (QED) is 0.527. The minimum absolute atomic E-state index is 0.0471. The molecule has 0 saturated heterocycles. The second kappa shape index (κ2) is 9.22. The Morgan fingerprint density at radius 1 is 1.10 bits per heavy atom. The van der Waals surface area contributed by atoms with Gasteiger partial charge in [-0.2, -0.15) is 0 Å². The number of aryl methyl sites for hydroxylation is 1. The molecule has 0 aliphatic carbocycles. The number of hydrogen-bond acceptors (Lipinski definition) is 4. The maximum absolute atomic E-state index is 14.5. The second-order valence-electron chi connectivity index (χ2n) is 6.73. The van der Waals surface area contributed by atoms with Crippen LogP contribution >= 0.6 is 11.8 Å². The minimum atomic E-state index is -0.364. The molecule has 0 fully saturated rings. The molecule has 0 radical (unpaired) electrons. The van der Waals surface area contributed by atoms with Crippen LogP contribution in [0.3, 0.4) is 0 Å². The molecule has 152 valence electrons. The Hall–Kier alpha value is -2.67. The third-order valence-electron chi connectivity index (χ3n) is 4.75. The van der Waals surface area contributed by atoms with Gasteiger partial charge < -0.3 is 4.90 Å². The van der Waals surface area contributed by atoms with Crippen LogP contribution in [-0.2, 0) is 4.79 Å². The first-order chi connectivity index (χ1) is 14.0. The zero-order chi connectivity index (χ0) is 21.0. The normalized spacial score (nSPS) is 12.0. The Kier molecular flexibility index (Phi) is 6.69. The van der Waals surface area contributed by atoms with Crippen LogP contribution in [0.4, 0.5) is 4.39 Å². The van der Waals surface area contributed by atoms with Crippen molar-refractivity contribution in [1.29, 1.82) is 0 Å². The molecular formula is C22H25FN4OS. The first-order valence-corrected chi connectivity index (χ1v) is 10.6. The summed E-state index contributed by atoms with van der Waals surface area (Å²) < 4.78 is 16.3. The first kappa shape index (κ1) is 21.0. The smallest absolute Gasteiger partial charge is 0.235 e. The Balaban J connectivity index is 2.05. The molecule has 7 heteroatoms. The number of hydrogen-bond donors (Lipinski definition) is 0. The molecule has 1 heterocycles. The predicted octanol–water partition coefficient (Wildman–Crippen LogP) is 4.73. The summed E-state index contributed by atoms with van der Waals surface area (Å²) in [5, 5.41) is 8.79. The van der Waals surface area contributed by atoms with Gasteiger partial charge in [0.05, 0.1) is 10.8 Å². The summed E-state index contributed by atoms with van der Waals surface area (Å²) in [6.45, 7) is 9.11. The van der Waals surface area contributed by atoms with Crippen LogP contribution in [0, 0.1) is 12.7 Å². The van der Waals surface area contributed by atoms with E-state index < -0.39 is 0 Å². The van der Waals surface area contributed by atoms with Crippen LogP contribution < -0.4 is 0 Å². The standard InChI is InChI=1S/C22H25FN4OS/c1-5-26(6-2)21(28)16(4)29-22-25-24-20(18-9-7-8-10-19(18)23)27(22)17-13-11-15(3)12-14-17/h7-14,16H,5-6H2,1-4H3. The Morgan fingerprint density at radius 2 is 1.76 bits per heavy atom. The second-order valence-corrected chi connectivity index (χ2v) is 8.04. The number of halogens is 1.